The van der Waals surface area contributed by atoms with Crippen molar-refractivity contribution in [1.29, 1.82) is 0 Å². The van der Waals surface area contributed by atoms with Crippen molar-refractivity contribution in [2.45, 2.75) is 75.6 Å². The quantitative estimate of drug-likeness (QED) is 0.652. The van der Waals surface area contributed by atoms with Gasteiger partial charge >= 0.3 is 0 Å². The highest BCUT2D eigenvalue weighted by molar-refractivity contribution is 6.05. The van der Waals surface area contributed by atoms with Crippen molar-refractivity contribution >= 4 is 17.7 Å². The molecule has 1 unspecified atom stereocenters. The van der Waals surface area contributed by atoms with Gasteiger partial charge in [0.05, 0.1) is 0 Å². The number of carbonyl (C=O) groups excluding carboxylic acids is 3. The molecule has 0 radical (unpaired) electrons. The van der Waals surface area contributed by atoms with Crippen LogP contribution in [0.5, 0.6) is 5.75 Å². The van der Waals surface area contributed by atoms with Crippen LogP contribution in [0.4, 0.5) is 0 Å². The summed E-state index contributed by atoms with van der Waals surface area (Å²) in [7, 11) is 0. The molecule has 1 N–H and O–H groups in total. The van der Waals surface area contributed by atoms with E-state index in [0.29, 0.717) is 30.5 Å². The van der Waals surface area contributed by atoms with Crippen molar-refractivity contribution in [3.05, 3.63) is 65.2 Å². The Bertz CT molecular complexity index is 1170. The van der Waals surface area contributed by atoms with Gasteiger partial charge in [-0.2, -0.15) is 0 Å². The van der Waals surface area contributed by atoms with E-state index in [2.05, 4.69) is 40.5 Å². The van der Waals surface area contributed by atoms with Gasteiger partial charge in [-0.3, -0.25) is 24.6 Å². The molecule has 7 nitrogen and oxygen atoms in total. The minimum atomic E-state index is -0.595. The molecule has 188 valence electrons. The molecule has 4 atom stereocenters. The van der Waals surface area contributed by atoms with Crippen LogP contribution in [0.15, 0.2) is 48.5 Å². The topological polar surface area (TPSA) is 79.0 Å². The Kier molecular flexibility index (Phi) is 6.25. The number of piperidine rings is 1. The maximum absolute atomic E-state index is 13.0. The molecule has 0 aromatic heterocycles. The van der Waals surface area contributed by atoms with Crippen LogP contribution in [0, 0.1) is 0 Å². The maximum Gasteiger partial charge on any atom is 0.255 e. The lowest BCUT2D eigenvalue weighted by atomic mass is 9.91. The molecule has 7 heteroatoms. The normalized spacial score (nSPS) is 28.8. The summed E-state index contributed by atoms with van der Waals surface area (Å²) < 4.78 is 6.60. The minimum Gasteiger partial charge on any atom is -0.489 e. The Balaban J connectivity index is 1.14. The van der Waals surface area contributed by atoms with E-state index in [0.717, 1.165) is 37.2 Å². The number of carbonyl (C=O) groups is 3. The molecule has 2 aromatic rings. The molecule has 0 bridgehead atoms. The zero-order chi connectivity index (χ0) is 24.6. The second-order valence-electron chi connectivity index (χ2n) is 10.6. The number of rotatable bonds is 5. The summed E-state index contributed by atoms with van der Waals surface area (Å²) in [5.74, 6) is 0.575. The Morgan fingerprint density at radius 3 is 2.58 bits per heavy atom. The van der Waals surface area contributed by atoms with E-state index in [1.807, 2.05) is 18.2 Å². The number of amides is 3. The fraction of sp³-hybridized carbons (Fsp3) is 0.483. The number of imide groups is 1. The number of fused-ring (bicyclic) bond motifs is 1. The highest BCUT2D eigenvalue weighted by atomic mass is 16.5. The number of benzene rings is 2. The maximum atomic E-state index is 13.0. The van der Waals surface area contributed by atoms with Crippen molar-refractivity contribution < 1.29 is 19.1 Å². The first-order valence-corrected chi connectivity index (χ1v) is 13.3. The molecule has 0 spiro atoms. The molecule has 2 saturated heterocycles. The van der Waals surface area contributed by atoms with Crippen molar-refractivity contribution in [3.63, 3.8) is 0 Å². The van der Waals surface area contributed by atoms with Crippen LogP contribution in [0.3, 0.4) is 0 Å². The lowest BCUT2D eigenvalue weighted by Crippen LogP contribution is -2.52. The molecule has 1 aliphatic carbocycles. The summed E-state index contributed by atoms with van der Waals surface area (Å²) in [6.45, 7) is 2.55. The highest BCUT2D eigenvalue weighted by Gasteiger charge is 2.40. The van der Waals surface area contributed by atoms with E-state index < -0.39 is 6.04 Å². The SMILES string of the molecule is O=C1CC[C@H](N2Cc3cc(O[C@H]4CCCC[C@@H]4N4CCC(c5ccccc5)C4)ccc3C2=O)C(=O)N1. The summed E-state index contributed by atoms with van der Waals surface area (Å²) in [6.07, 6.45) is 6.54. The van der Waals surface area contributed by atoms with Crippen molar-refractivity contribution in [2.24, 2.45) is 0 Å². The molecule has 1 saturated carbocycles. The fourth-order valence-electron chi connectivity index (χ4n) is 6.52. The zero-order valence-corrected chi connectivity index (χ0v) is 20.5. The predicted octanol–water partition coefficient (Wildman–Crippen LogP) is 3.63. The van der Waals surface area contributed by atoms with Gasteiger partial charge in [-0.25, -0.2) is 0 Å². The lowest BCUT2D eigenvalue weighted by molar-refractivity contribution is -0.136. The van der Waals surface area contributed by atoms with Crippen LogP contribution in [-0.4, -0.2) is 58.8 Å². The molecule has 4 aliphatic rings. The average Bonchev–Trinajstić information content (AvgIpc) is 3.50. The Morgan fingerprint density at radius 2 is 1.75 bits per heavy atom. The Labute approximate surface area is 211 Å². The van der Waals surface area contributed by atoms with Gasteiger partial charge in [0, 0.05) is 31.1 Å². The van der Waals surface area contributed by atoms with Gasteiger partial charge in [-0.05, 0) is 73.9 Å². The number of nitrogens with one attached hydrogen (secondary N) is 1. The van der Waals surface area contributed by atoms with Crippen molar-refractivity contribution in [3.8, 4) is 5.75 Å². The van der Waals surface area contributed by atoms with Crippen molar-refractivity contribution in [1.82, 2.24) is 15.1 Å². The van der Waals surface area contributed by atoms with Gasteiger partial charge in [0.25, 0.3) is 5.91 Å². The molecule has 6 rings (SSSR count). The van der Waals surface area contributed by atoms with Crippen molar-refractivity contribution in [2.75, 3.05) is 13.1 Å². The molecule has 3 amide bonds. The number of hydrogen-bond donors (Lipinski definition) is 1. The predicted molar refractivity (Wildman–Crippen MR) is 135 cm³/mol. The molecular formula is C29H33N3O4. The van der Waals surface area contributed by atoms with E-state index in [1.165, 1.54) is 24.8 Å². The van der Waals surface area contributed by atoms with Crippen LogP contribution < -0.4 is 10.1 Å². The average molecular weight is 488 g/mol. The third-order valence-corrected chi connectivity index (χ3v) is 8.41. The summed E-state index contributed by atoms with van der Waals surface area (Å²) in [4.78, 5) is 41.1. The van der Waals surface area contributed by atoms with Gasteiger partial charge < -0.3 is 9.64 Å². The molecular weight excluding hydrogens is 454 g/mol. The molecule has 3 aliphatic heterocycles. The Morgan fingerprint density at radius 1 is 0.917 bits per heavy atom. The van der Waals surface area contributed by atoms with Gasteiger partial charge in [-0.1, -0.05) is 36.8 Å². The van der Waals surface area contributed by atoms with Crippen LogP contribution in [0.2, 0.25) is 0 Å². The third kappa shape index (κ3) is 4.41. The van der Waals surface area contributed by atoms with Crippen LogP contribution in [0.25, 0.3) is 0 Å². The van der Waals surface area contributed by atoms with Gasteiger partial charge in [-0.15, -0.1) is 0 Å². The second kappa shape index (κ2) is 9.69. The lowest BCUT2D eigenvalue weighted by Gasteiger charge is -2.38. The van der Waals surface area contributed by atoms with Gasteiger partial charge in [0.15, 0.2) is 0 Å². The van der Waals surface area contributed by atoms with E-state index >= 15 is 0 Å². The second-order valence-corrected chi connectivity index (χ2v) is 10.6. The van der Waals surface area contributed by atoms with Gasteiger partial charge in [0.1, 0.15) is 17.9 Å². The largest absolute Gasteiger partial charge is 0.489 e. The first-order chi connectivity index (χ1) is 17.6. The molecule has 2 aromatic carbocycles. The molecule has 3 heterocycles. The van der Waals surface area contributed by atoms with E-state index in [9.17, 15) is 14.4 Å². The fourth-order valence-corrected chi connectivity index (χ4v) is 6.52. The number of nitrogens with zero attached hydrogens (tertiary/aromatic N) is 2. The highest BCUT2D eigenvalue weighted by Crippen LogP contribution is 2.36. The summed E-state index contributed by atoms with van der Waals surface area (Å²) in [6, 6.07) is 16.3. The van der Waals surface area contributed by atoms with Crippen LogP contribution in [-0.2, 0) is 16.1 Å². The number of likely N-dealkylation sites (tertiary alicyclic amines) is 1. The minimum absolute atomic E-state index is 0.134. The molecule has 36 heavy (non-hydrogen) atoms. The number of hydrogen-bond acceptors (Lipinski definition) is 5. The molecule has 3 fully saturated rings. The summed E-state index contributed by atoms with van der Waals surface area (Å²) >= 11 is 0. The number of ether oxygens (including phenoxy) is 1. The standard InChI is InChI=1S/C29H33N3O4/c33-27-13-12-25(28(34)30-27)32-18-21-16-22(10-11-23(21)29(32)35)36-26-9-5-4-8-24(26)31-15-14-20(17-31)19-6-2-1-3-7-19/h1-3,6-7,10-11,16,20,24-26H,4-5,8-9,12-15,17-18H2,(H,30,33,34)/t20?,24-,25-,26-/m0/s1. The van der Waals surface area contributed by atoms with Crippen LogP contribution >= 0.6 is 0 Å². The monoisotopic (exact) mass is 487 g/mol. The summed E-state index contributed by atoms with van der Waals surface area (Å²) in [5.41, 5.74) is 2.94. The van der Waals surface area contributed by atoms with Crippen LogP contribution in [0.1, 0.15) is 72.3 Å². The summed E-state index contributed by atoms with van der Waals surface area (Å²) in [5, 5.41) is 2.36. The zero-order valence-electron chi connectivity index (χ0n) is 20.5. The Hall–Kier alpha value is -3.19. The van der Waals surface area contributed by atoms with Gasteiger partial charge in [0.2, 0.25) is 11.8 Å². The first kappa shape index (κ1) is 23.2. The van der Waals surface area contributed by atoms with E-state index in [-0.39, 0.29) is 30.2 Å². The van der Waals surface area contributed by atoms with E-state index in [1.54, 1.807) is 4.90 Å². The smallest absolute Gasteiger partial charge is 0.255 e. The van der Waals surface area contributed by atoms with E-state index in [4.69, 9.17) is 4.74 Å². The first-order valence-electron chi connectivity index (χ1n) is 13.3. The third-order valence-electron chi connectivity index (χ3n) is 8.41.